The van der Waals surface area contributed by atoms with E-state index in [9.17, 15) is 80.2 Å². The molecule has 24 nitrogen and oxygen atoms in total. The molecule has 5 atom stereocenters. The van der Waals surface area contributed by atoms with E-state index in [1.54, 1.807) is 17.2 Å². The molecule has 92 heavy (non-hydrogen) atoms. The minimum Gasteiger partial charge on any atom is -0.481 e. The van der Waals surface area contributed by atoms with E-state index >= 15 is 4.39 Å². The number of benzene rings is 2. The highest BCUT2D eigenvalue weighted by atomic mass is 32.2. The summed E-state index contributed by atoms with van der Waals surface area (Å²) in [4.78, 5) is 163. The van der Waals surface area contributed by atoms with Gasteiger partial charge in [-0.3, -0.25) is 57.6 Å². The summed E-state index contributed by atoms with van der Waals surface area (Å²) in [7, 11) is 0. The first-order chi connectivity index (χ1) is 43.1. The van der Waals surface area contributed by atoms with E-state index in [1.165, 1.54) is 26.0 Å². The third-order valence-corrected chi connectivity index (χ3v) is 15.1. The van der Waals surface area contributed by atoms with Gasteiger partial charge >= 0.3 is 24.1 Å². The Morgan fingerprint density at radius 2 is 1.34 bits per heavy atom. The lowest BCUT2D eigenvalue weighted by atomic mass is 9.82. The molecule has 0 bridgehead atoms. The molecule has 9 N–H and O–H groups in total. The maximum Gasteiger partial charge on any atom is 0.490 e. The average molecular weight is 1320 g/mol. The van der Waals surface area contributed by atoms with Crippen LogP contribution in [0.15, 0.2) is 72.9 Å². The highest BCUT2D eigenvalue weighted by Gasteiger charge is 2.39. The van der Waals surface area contributed by atoms with Crippen LogP contribution in [-0.2, 0) is 68.9 Å². The molecule has 0 spiro atoms. The van der Waals surface area contributed by atoms with E-state index in [2.05, 4.69) is 21.3 Å². The normalized spacial score (nSPS) is 13.7. The Morgan fingerprint density at radius 1 is 0.707 bits per heavy atom. The molecule has 0 saturated carbocycles. The van der Waals surface area contributed by atoms with E-state index in [1.807, 2.05) is 55.7 Å². The van der Waals surface area contributed by atoms with Crippen LogP contribution in [0.3, 0.4) is 0 Å². The molecule has 3 aromatic rings. The van der Waals surface area contributed by atoms with Crippen LogP contribution in [0.1, 0.15) is 135 Å². The zero-order valence-electron chi connectivity index (χ0n) is 51.6. The van der Waals surface area contributed by atoms with Gasteiger partial charge in [0.2, 0.25) is 35.4 Å². The summed E-state index contributed by atoms with van der Waals surface area (Å²) in [5, 5.41) is 35.4. The van der Waals surface area contributed by atoms with Crippen molar-refractivity contribution in [1.29, 1.82) is 0 Å². The van der Waals surface area contributed by atoms with E-state index in [0.29, 0.717) is 30.5 Å². The molecule has 0 aliphatic carbocycles. The summed E-state index contributed by atoms with van der Waals surface area (Å²) in [5.74, 6) is -13.0. The number of nitrogens with one attached hydrogen (secondary N) is 4. The number of rotatable bonds is 38. The van der Waals surface area contributed by atoms with Crippen LogP contribution in [0.25, 0.3) is 11.1 Å². The number of carboxylic acid groups (broad SMARTS) is 3. The summed E-state index contributed by atoms with van der Waals surface area (Å²) < 4.78 is 63.8. The monoisotopic (exact) mass is 1320 g/mol. The molecule has 0 radical (unpaired) electrons. The number of aromatic nitrogens is 1. The molecule has 8 amide bonds. The molecule has 1 aliphatic rings. The zero-order valence-corrected chi connectivity index (χ0v) is 52.4. The Bertz CT molecular complexity index is 3140. The van der Waals surface area contributed by atoms with Crippen molar-refractivity contribution in [2.45, 2.75) is 155 Å². The van der Waals surface area contributed by atoms with Gasteiger partial charge in [-0.05, 0) is 74.3 Å². The number of carbonyl (C=O) groups is 13. The van der Waals surface area contributed by atoms with Crippen LogP contribution in [0.2, 0.25) is 0 Å². The van der Waals surface area contributed by atoms with E-state index < -0.39 is 125 Å². The number of hydrogen-bond acceptors (Lipinski definition) is 14. The molecule has 4 rings (SSSR count). The summed E-state index contributed by atoms with van der Waals surface area (Å²) in [6, 6.07) is 9.72. The second kappa shape index (κ2) is 37.5. The number of carboxylic acids is 3. The topological polar surface area (TPSA) is 368 Å². The molecule has 1 aliphatic heterocycles. The smallest absolute Gasteiger partial charge is 0.481 e. The molecule has 0 unspecified atom stereocenters. The number of imide groups is 1. The summed E-state index contributed by atoms with van der Waals surface area (Å²) in [6.45, 7) is 9.08. The highest BCUT2D eigenvalue weighted by Crippen LogP contribution is 2.42. The standard InChI is InChI=1S/C60H78F2N8O14S.C2HF3O2/c1-37(30-48(72)38(2)65-51(75)17-10-7-12-27-69-53(77)21-22-54(69)78)58(82)67-45(33-49(63)73)47(71)16-11-13-28-70(55(79)36-85-29-25-50(74)64-26-24-52(76)66-44(59(83)84)20-23-56(80)81)57(60(3,4)5)46-31-40(42-32-41(61)18-19-43(42)62)35-68(46)34-39-14-8-6-9-15-39;3-2(4,5)1(6)7/h6,8-9,14-15,18-19,21-22,31-32,35,37-38,44-45,57H,7,10-13,16-17,20,23-30,33-34,36H2,1-5H3,(H2,63,73)(H,64,74)(H,65,75)(H,66,76)(H,67,82)(H,80,81)(H,83,84);(H,6,7)/t37-,38-,44-,45-,57-;/m0./s1. The summed E-state index contributed by atoms with van der Waals surface area (Å²) in [5.41, 5.74) is 6.58. The quantitative estimate of drug-likeness (QED) is 0.0191. The van der Waals surface area contributed by atoms with Crippen LogP contribution in [-0.4, -0.2) is 162 Å². The Hall–Kier alpha value is -8.83. The number of aliphatic carboxylic acids is 3. The predicted octanol–water partition coefficient (Wildman–Crippen LogP) is 5.78. The van der Waals surface area contributed by atoms with Gasteiger partial charge < -0.3 is 51.8 Å². The number of halogens is 5. The van der Waals surface area contributed by atoms with Gasteiger partial charge in [-0.2, -0.15) is 24.9 Å². The fraction of sp³-hybridized carbons (Fsp3) is 0.500. The van der Waals surface area contributed by atoms with Crippen molar-refractivity contribution < 1.29 is 99.6 Å². The first-order valence-corrected chi connectivity index (χ1v) is 30.6. The molecule has 0 saturated heterocycles. The number of Topliss-reactive ketones (excluding diaryl/α,β-unsaturated/α-hetero) is 2. The molecule has 30 heteroatoms. The van der Waals surface area contributed by atoms with Gasteiger partial charge in [0.05, 0.1) is 30.3 Å². The van der Waals surface area contributed by atoms with Crippen LogP contribution in [0.5, 0.6) is 0 Å². The molecule has 504 valence electrons. The van der Waals surface area contributed by atoms with Gasteiger partial charge in [0, 0.05) is 112 Å². The zero-order chi connectivity index (χ0) is 69.0. The van der Waals surface area contributed by atoms with Crippen molar-refractivity contribution >= 4 is 88.5 Å². The Balaban J connectivity index is 0.00000297. The number of carbonyl (C=O) groups excluding carboxylic acids is 10. The largest absolute Gasteiger partial charge is 0.490 e. The molecular weight excluding hydrogens is 1240 g/mol. The molecule has 2 aromatic carbocycles. The van der Waals surface area contributed by atoms with Crippen LogP contribution in [0.4, 0.5) is 22.0 Å². The van der Waals surface area contributed by atoms with Crippen molar-refractivity contribution in [2.24, 2.45) is 17.1 Å². The van der Waals surface area contributed by atoms with Gasteiger partial charge in [0.15, 0.2) is 11.6 Å². The Morgan fingerprint density at radius 3 is 1.93 bits per heavy atom. The maximum atomic E-state index is 15.5. The third kappa shape index (κ3) is 27.3. The lowest BCUT2D eigenvalue weighted by Gasteiger charge is -2.41. The van der Waals surface area contributed by atoms with Gasteiger partial charge in [0.1, 0.15) is 17.7 Å². The second-order valence-corrected chi connectivity index (χ2v) is 23.9. The minimum atomic E-state index is -5.08. The first kappa shape index (κ1) is 77.4. The van der Waals surface area contributed by atoms with Gasteiger partial charge in [-0.15, -0.1) is 0 Å². The minimum absolute atomic E-state index is 0.00342. The van der Waals surface area contributed by atoms with Crippen molar-refractivity contribution in [1.82, 2.24) is 35.6 Å². The third-order valence-electron chi connectivity index (χ3n) is 14.2. The fourth-order valence-electron chi connectivity index (χ4n) is 9.48. The average Bonchev–Trinajstić information content (AvgIpc) is 1.58. The van der Waals surface area contributed by atoms with Gasteiger partial charge in [-0.25, -0.2) is 18.4 Å². The number of primary amides is 1. The SMILES string of the molecule is C[C@H](NC(=O)CCCCCN1C(=O)C=CC1=O)C(=O)C[C@H](C)C(=O)N[C@@H](CC(N)=O)C(=O)CCCCN(C(=O)CSCCC(=O)NCCC(=O)N[C@@H](CCC(=O)O)C(=O)O)[C@@H](c1cc(-c2cc(F)ccc2F)cn1Cc1ccccc1)C(C)(C)C.O=C(O)C(F)(F)F. The lowest BCUT2D eigenvalue weighted by Crippen LogP contribution is -2.46. The van der Waals surface area contributed by atoms with Crippen molar-refractivity contribution in [3.05, 3.63) is 95.8 Å². The molecule has 0 fully saturated rings. The molecule has 1 aromatic heterocycles. The number of ketones is 2. The van der Waals surface area contributed by atoms with Crippen molar-refractivity contribution in [3.63, 3.8) is 0 Å². The van der Waals surface area contributed by atoms with E-state index in [4.69, 9.17) is 20.7 Å². The number of hydrogen-bond donors (Lipinski definition) is 8. The maximum absolute atomic E-state index is 15.5. The number of nitrogens with two attached hydrogens (primary N) is 1. The second-order valence-electron chi connectivity index (χ2n) is 22.8. The van der Waals surface area contributed by atoms with Crippen LogP contribution < -0.4 is 27.0 Å². The van der Waals surface area contributed by atoms with Crippen molar-refractivity contribution in [2.75, 3.05) is 31.1 Å². The van der Waals surface area contributed by atoms with Gasteiger partial charge in [0.25, 0.3) is 11.8 Å². The number of alkyl halides is 3. The lowest BCUT2D eigenvalue weighted by molar-refractivity contribution is -0.192. The summed E-state index contributed by atoms with van der Waals surface area (Å²) >= 11 is 1.15. The number of amides is 8. The fourth-order valence-corrected chi connectivity index (χ4v) is 10.3. The summed E-state index contributed by atoms with van der Waals surface area (Å²) in [6.07, 6.45) is -1.27. The number of unbranched alkanes of at least 4 members (excludes halogenated alkanes) is 3. The molecular formula is C62H79F5N8O16S. The van der Waals surface area contributed by atoms with Gasteiger partial charge in [-0.1, -0.05) is 64.4 Å². The van der Waals surface area contributed by atoms with E-state index in [-0.39, 0.29) is 112 Å². The van der Waals surface area contributed by atoms with Crippen LogP contribution in [0, 0.1) is 23.0 Å². The van der Waals surface area contributed by atoms with E-state index in [0.717, 1.165) is 40.4 Å². The van der Waals surface area contributed by atoms with Crippen molar-refractivity contribution in [3.8, 4) is 11.1 Å². The predicted molar refractivity (Wildman–Crippen MR) is 324 cm³/mol. The number of nitrogens with zero attached hydrogens (tertiary/aromatic N) is 3. The Kier molecular flexibility index (Phi) is 31.5. The van der Waals surface area contributed by atoms with Crippen LogP contribution >= 0.6 is 11.8 Å². The highest BCUT2D eigenvalue weighted by molar-refractivity contribution is 7.99. The Labute approximate surface area is 532 Å². The molecule has 2 heterocycles. The first-order valence-electron chi connectivity index (χ1n) is 29.4. The number of thioether (sulfide) groups is 1.